The molecule has 4 rings (SSSR count). The molecule has 0 bridgehead atoms. The summed E-state index contributed by atoms with van der Waals surface area (Å²) in [5.74, 6) is 1.56. The molecule has 0 saturated heterocycles. The van der Waals surface area contributed by atoms with Gasteiger partial charge in [-0.15, -0.1) is 0 Å². The number of para-hydroxylation sites is 1. The summed E-state index contributed by atoms with van der Waals surface area (Å²) in [7, 11) is 3.12. The van der Waals surface area contributed by atoms with Gasteiger partial charge in [0.05, 0.1) is 14.2 Å². The van der Waals surface area contributed by atoms with Crippen LogP contribution in [-0.4, -0.2) is 25.1 Å². The highest BCUT2D eigenvalue weighted by Crippen LogP contribution is 2.31. The number of rotatable bonds is 8. The van der Waals surface area contributed by atoms with E-state index in [1.165, 1.54) is 0 Å². The van der Waals surface area contributed by atoms with Crippen LogP contribution in [0.1, 0.15) is 21.6 Å². The maximum Gasteiger partial charge on any atom is 0.273 e. The van der Waals surface area contributed by atoms with Gasteiger partial charge in [0.15, 0.2) is 0 Å². The summed E-state index contributed by atoms with van der Waals surface area (Å²) >= 11 is 0. The van der Waals surface area contributed by atoms with E-state index in [9.17, 15) is 4.79 Å². The summed E-state index contributed by atoms with van der Waals surface area (Å²) in [5.41, 5.74) is 2.84. The molecule has 0 radical (unpaired) electrons. The molecule has 4 aromatic rings. The second-order valence-electron chi connectivity index (χ2n) is 7.22. The van der Waals surface area contributed by atoms with Crippen molar-refractivity contribution < 1.29 is 19.0 Å². The first kappa shape index (κ1) is 21.9. The van der Waals surface area contributed by atoms with E-state index in [1.54, 1.807) is 38.6 Å². The van der Waals surface area contributed by atoms with E-state index < -0.39 is 0 Å². The number of methoxy groups -OCH3 is 2. The number of carbonyl (C=O) groups is 1. The van der Waals surface area contributed by atoms with Crippen LogP contribution in [0.25, 0.3) is 17.0 Å². The Kier molecular flexibility index (Phi) is 6.85. The Hall–Kier alpha value is -4.32. The lowest BCUT2D eigenvalue weighted by Crippen LogP contribution is -2.18. The topological polar surface area (TPSA) is 69.7 Å². The Balaban J connectivity index is 1.41. The van der Waals surface area contributed by atoms with Crippen LogP contribution in [0.15, 0.2) is 85.1 Å². The van der Waals surface area contributed by atoms with Crippen molar-refractivity contribution in [1.82, 2.24) is 10.3 Å². The van der Waals surface area contributed by atoms with Gasteiger partial charge in [0.1, 0.15) is 35.1 Å². The summed E-state index contributed by atoms with van der Waals surface area (Å²) < 4.78 is 16.6. The number of amides is 1. The molecule has 0 aliphatic carbocycles. The summed E-state index contributed by atoms with van der Waals surface area (Å²) in [6.45, 7) is 0.513. The van der Waals surface area contributed by atoms with Crippen LogP contribution in [0.2, 0.25) is 0 Å². The smallest absolute Gasteiger partial charge is 0.273 e. The zero-order chi connectivity index (χ0) is 23.0. The fourth-order valence-corrected chi connectivity index (χ4v) is 3.34. The van der Waals surface area contributed by atoms with Crippen molar-refractivity contribution in [3.8, 4) is 17.2 Å². The van der Waals surface area contributed by atoms with Crippen molar-refractivity contribution in [3.63, 3.8) is 0 Å². The first-order chi connectivity index (χ1) is 16.2. The number of fused-ring (bicyclic) bond motifs is 1. The predicted molar refractivity (Wildman–Crippen MR) is 129 cm³/mol. The van der Waals surface area contributed by atoms with Gasteiger partial charge < -0.3 is 19.5 Å². The van der Waals surface area contributed by atoms with Gasteiger partial charge in [0.25, 0.3) is 5.91 Å². The van der Waals surface area contributed by atoms with E-state index in [0.717, 1.165) is 22.3 Å². The number of aromatic nitrogens is 1. The second kappa shape index (κ2) is 10.3. The molecule has 0 aliphatic rings. The number of ether oxygens (including phenoxy) is 3. The van der Waals surface area contributed by atoms with E-state index in [0.29, 0.717) is 23.6 Å². The summed E-state index contributed by atoms with van der Waals surface area (Å²) in [5, 5.41) is 3.53. The van der Waals surface area contributed by atoms with Gasteiger partial charge in [0, 0.05) is 17.7 Å². The molecule has 0 unspecified atom stereocenters. The Labute approximate surface area is 192 Å². The molecule has 1 heterocycles. The minimum Gasteiger partial charge on any atom is -0.496 e. The van der Waals surface area contributed by atoms with Crippen LogP contribution >= 0.6 is 0 Å². The van der Waals surface area contributed by atoms with Crippen molar-refractivity contribution in [2.45, 2.75) is 6.61 Å². The predicted octanol–water partition coefficient (Wildman–Crippen LogP) is 5.23. The lowest BCUT2D eigenvalue weighted by atomic mass is 10.1. The van der Waals surface area contributed by atoms with Crippen molar-refractivity contribution >= 4 is 22.9 Å². The average molecular weight is 440 g/mol. The van der Waals surface area contributed by atoms with E-state index in [1.807, 2.05) is 66.7 Å². The molecule has 3 aromatic carbocycles. The van der Waals surface area contributed by atoms with Crippen LogP contribution in [0.3, 0.4) is 0 Å². The molecular weight excluding hydrogens is 416 g/mol. The Morgan fingerprint density at radius 1 is 0.909 bits per heavy atom. The number of nitrogens with one attached hydrogen (secondary N) is 1. The number of benzene rings is 3. The van der Waals surface area contributed by atoms with Gasteiger partial charge in [-0.2, -0.15) is 0 Å². The van der Waals surface area contributed by atoms with Gasteiger partial charge >= 0.3 is 0 Å². The van der Waals surface area contributed by atoms with Crippen molar-refractivity contribution in [3.05, 3.63) is 102 Å². The molecule has 1 aromatic heterocycles. The van der Waals surface area contributed by atoms with Crippen LogP contribution in [-0.2, 0) is 6.61 Å². The third-order valence-electron chi connectivity index (χ3n) is 5.06. The van der Waals surface area contributed by atoms with Gasteiger partial charge in [-0.05, 0) is 41.5 Å². The zero-order valence-electron chi connectivity index (χ0n) is 18.4. The standard InChI is InChI=1S/C27H24N2O4/c1-31-24-10-6-9-22-25(32-2)17-23(29-26(22)24)27(30)28-16-15-19-11-13-21(14-12-19)33-18-20-7-4-3-5-8-20/h3-17H,18H2,1-2H3,(H,28,30)/b16-15+. The Morgan fingerprint density at radius 3 is 2.39 bits per heavy atom. The van der Waals surface area contributed by atoms with E-state index in [4.69, 9.17) is 14.2 Å². The van der Waals surface area contributed by atoms with Gasteiger partial charge in [0.2, 0.25) is 0 Å². The maximum atomic E-state index is 12.7. The third-order valence-corrected chi connectivity index (χ3v) is 5.06. The second-order valence-corrected chi connectivity index (χ2v) is 7.22. The van der Waals surface area contributed by atoms with Crippen LogP contribution in [0.5, 0.6) is 17.2 Å². The van der Waals surface area contributed by atoms with Crippen molar-refractivity contribution in [2.24, 2.45) is 0 Å². The molecule has 166 valence electrons. The number of hydrogen-bond donors (Lipinski definition) is 1. The molecule has 1 N–H and O–H groups in total. The quantitative estimate of drug-likeness (QED) is 0.406. The molecule has 6 nitrogen and oxygen atoms in total. The van der Waals surface area contributed by atoms with Crippen LogP contribution in [0.4, 0.5) is 0 Å². The van der Waals surface area contributed by atoms with Crippen molar-refractivity contribution in [1.29, 1.82) is 0 Å². The minimum absolute atomic E-state index is 0.234. The van der Waals surface area contributed by atoms with Crippen LogP contribution < -0.4 is 19.5 Å². The third kappa shape index (κ3) is 5.30. The van der Waals surface area contributed by atoms with E-state index >= 15 is 0 Å². The average Bonchev–Trinajstić information content (AvgIpc) is 2.87. The lowest BCUT2D eigenvalue weighted by molar-refractivity contribution is 0.0965. The largest absolute Gasteiger partial charge is 0.496 e. The van der Waals surface area contributed by atoms with Crippen LogP contribution in [0, 0.1) is 0 Å². The molecule has 0 atom stereocenters. The van der Waals surface area contributed by atoms with E-state index in [-0.39, 0.29) is 11.6 Å². The highest BCUT2D eigenvalue weighted by atomic mass is 16.5. The molecule has 0 saturated carbocycles. The highest BCUT2D eigenvalue weighted by molar-refractivity contribution is 5.99. The lowest BCUT2D eigenvalue weighted by Gasteiger charge is -2.10. The van der Waals surface area contributed by atoms with Crippen molar-refractivity contribution in [2.75, 3.05) is 14.2 Å². The summed E-state index contributed by atoms with van der Waals surface area (Å²) in [4.78, 5) is 17.1. The van der Waals surface area contributed by atoms with Gasteiger partial charge in [-0.1, -0.05) is 48.5 Å². The number of carbonyl (C=O) groups excluding carboxylic acids is 1. The van der Waals surface area contributed by atoms with Gasteiger partial charge in [-0.25, -0.2) is 4.98 Å². The molecule has 6 heteroatoms. The molecular formula is C27H24N2O4. The zero-order valence-corrected chi connectivity index (χ0v) is 18.4. The summed E-state index contributed by atoms with van der Waals surface area (Å²) in [6, 6.07) is 24.8. The first-order valence-electron chi connectivity index (χ1n) is 10.4. The monoisotopic (exact) mass is 440 g/mol. The summed E-state index contributed by atoms with van der Waals surface area (Å²) in [6.07, 6.45) is 3.39. The molecule has 1 amide bonds. The minimum atomic E-state index is -0.347. The number of pyridine rings is 1. The number of nitrogens with zero attached hydrogens (tertiary/aromatic N) is 1. The molecule has 0 fully saturated rings. The maximum absolute atomic E-state index is 12.7. The molecule has 0 aliphatic heterocycles. The van der Waals surface area contributed by atoms with E-state index in [2.05, 4.69) is 10.3 Å². The Morgan fingerprint density at radius 2 is 1.67 bits per heavy atom. The highest BCUT2D eigenvalue weighted by Gasteiger charge is 2.14. The molecule has 33 heavy (non-hydrogen) atoms. The Bertz CT molecular complexity index is 1270. The first-order valence-corrected chi connectivity index (χ1v) is 10.4. The SMILES string of the molecule is COc1cc(C(=O)N/C=C/c2ccc(OCc3ccccc3)cc2)nc2c(OC)cccc12. The fourth-order valence-electron chi connectivity index (χ4n) is 3.34. The van der Waals surface area contributed by atoms with Gasteiger partial charge in [-0.3, -0.25) is 4.79 Å². The number of hydrogen-bond acceptors (Lipinski definition) is 5. The molecule has 0 spiro atoms. The fraction of sp³-hybridized carbons (Fsp3) is 0.111. The normalized spacial score (nSPS) is 10.8.